The quantitative estimate of drug-likeness (QED) is 0.763. The van der Waals surface area contributed by atoms with Gasteiger partial charge in [0.1, 0.15) is 11.5 Å². The number of thiocarbonyl (C=S) groups is 1. The summed E-state index contributed by atoms with van der Waals surface area (Å²) in [6.07, 6.45) is 11.2. The number of methoxy groups -OCH3 is 1. The Morgan fingerprint density at radius 2 is 1.81 bits per heavy atom. The highest BCUT2D eigenvalue weighted by molar-refractivity contribution is 7.80. The molecule has 4 rings (SSSR count). The Morgan fingerprint density at radius 1 is 1.11 bits per heavy atom. The zero-order chi connectivity index (χ0) is 18.9. The van der Waals surface area contributed by atoms with Gasteiger partial charge in [-0.1, -0.05) is 37.8 Å². The van der Waals surface area contributed by atoms with E-state index >= 15 is 0 Å². The van der Waals surface area contributed by atoms with Gasteiger partial charge >= 0.3 is 0 Å². The number of nitrogens with zero attached hydrogens (tertiary/aromatic N) is 1. The summed E-state index contributed by atoms with van der Waals surface area (Å²) in [7, 11) is 1.69. The molecule has 1 aromatic rings. The highest BCUT2D eigenvalue weighted by atomic mass is 32.1. The van der Waals surface area contributed by atoms with Crippen molar-refractivity contribution < 1.29 is 9.84 Å². The maximum atomic E-state index is 11.9. The van der Waals surface area contributed by atoms with E-state index < -0.39 is 5.72 Å². The third-order valence-electron chi connectivity index (χ3n) is 7.11. The summed E-state index contributed by atoms with van der Waals surface area (Å²) < 4.78 is 5.25. The van der Waals surface area contributed by atoms with Crippen LogP contribution in [0.5, 0.6) is 5.75 Å². The van der Waals surface area contributed by atoms with Crippen LogP contribution in [-0.2, 0) is 6.42 Å². The van der Waals surface area contributed by atoms with Crippen molar-refractivity contribution in [1.29, 1.82) is 0 Å². The van der Waals surface area contributed by atoms with Gasteiger partial charge in [-0.15, -0.1) is 0 Å². The van der Waals surface area contributed by atoms with Crippen molar-refractivity contribution in [3.63, 3.8) is 0 Å². The van der Waals surface area contributed by atoms with Gasteiger partial charge in [-0.05, 0) is 68.4 Å². The molecule has 27 heavy (non-hydrogen) atoms. The van der Waals surface area contributed by atoms with Crippen molar-refractivity contribution in [3.05, 3.63) is 29.8 Å². The van der Waals surface area contributed by atoms with Gasteiger partial charge in [-0.2, -0.15) is 0 Å². The molecule has 1 heterocycles. The number of benzene rings is 1. The molecule has 4 nitrogen and oxygen atoms in total. The average molecular weight is 389 g/mol. The first kappa shape index (κ1) is 19.0. The first-order chi connectivity index (χ1) is 13.1. The molecule has 0 unspecified atom stereocenters. The maximum absolute atomic E-state index is 11.9. The Morgan fingerprint density at radius 3 is 2.52 bits per heavy atom. The minimum Gasteiger partial charge on any atom is -0.497 e. The van der Waals surface area contributed by atoms with Gasteiger partial charge in [0.2, 0.25) is 0 Å². The number of nitrogens with one attached hydrogen (secondary N) is 1. The number of fused-ring (bicyclic) bond motifs is 2. The number of hydrogen-bond acceptors (Lipinski definition) is 3. The molecule has 0 radical (unpaired) electrons. The molecule has 0 aromatic heterocycles. The molecular formula is C22H32N2O2S. The van der Waals surface area contributed by atoms with Gasteiger partial charge in [-0.3, -0.25) is 0 Å². The van der Waals surface area contributed by atoms with Gasteiger partial charge in [-0.25, -0.2) is 0 Å². The van der Waals surface area contributed by atoms with Crippen LogP contribution in [0, 0.1) is 5.92 Å². The largest absolute Gasteiger partial charge is 0.497 e. The van der Waals surface area contributed by atoms with E-state index in [0.717, 1.165) is 55.9 Å². The smallest absolute Gasteiger partial charge is 0.171 e. The SMILES string of the molecule is COc1ccc(CCN2C(=S)NC3(CCCCC3)[C@@H]3CCCC[C@@]32O)cc1. The Labute approximate surface area is 168 Å². The van der Waals surface area contributed by atoms with Crippen LogP contribution < -0.4 is 10.1 Å². The highest BCUT2D eigenvalue weighted by Gasteiger charge is 2.58. The second kappa shape index (κ2) is 7.59. The van der Waals surface area contributed by atoms with E-state index in [-0.39, 0.29) is 11.5 Å². The summed E-state index contributed by atoms with van der Waals surface area (Å²) in [5, 5.41) is 16.4. The van der Waals surface area contributed by atoms with Crippen LogP contribution in [0.15, 0.2) is 24.3 Å². The minimum absolute atomic E-state index is 0.0150. The molecule has 148 valence electrons. The molecule has 1 saturated heterocycles. The predicted octanol–water partition coefficient (Wildman–Crippen LogP) is 4.01. The van der Waals surface area contributed by atoms with Crippen LogP contribution in [0.4, 0.5) is 0 Å². The third-order valence-corrected chi connectivity index (χ3v) is 7.43. The lowest BCUT2D eigenvalue weighted by atomic mass is 9.62. The van der Waals surface area contributed by atoms with Crippen LogP contribution in [-0.4, -0.2) is 40.0 Å². The van der Waals surface area contributed by atoms with E-state index in [1.54, 1.807) is 7.11 Å². The standard InChI is InChI=1S/C22H32N2O2S/c1-26-18-10-8-17(9-11-18)12-16-24-20(27)23-21(13-4-2-5-14-21)19-7-3-6-15-22(19,24)25/h8-11,19,25H,2-7,12-16H2,1H3,(H,23,27)/t19-,22+/m0/s1. The fraction of sp³-hybridized carbons (Fsp3) is 0.682. The summed E-state index contributed by atoms with van der Waals surface area (Å²) in [5.41, 5.74) is 0.471. The summed E-state index contributed by atoms with van der Waals surface area (Å²) in [5.74, 6) is 1.15. The molecule has 3 fully saturated rings. The van der Waals surface area contributed by atoms with Crippen LogP contribution in [0.1, 0.15) is 63.4 Å². The van der Waals surface area contributed by atoms with Crippen molar-refractivity contribution >= 4 is 17.3 Å². The zero-order valence-corrected chi connectivity index (χ0v) is 17.2. The molecule has 2 aliphatic carbocycles. The summed E-state index contributed by atoms with van der Waals surface area (Å²) in [6, 6.07) is 8.20. The maximum Gasteiger partial charge on any atom is 0.171 e. The summed E-state index contributed by atoms with van der Waals surface area (Å²) in [6.45, 7) is 0.751. The Balaban J connectivity index is 1.54. The summed E-state index contributed by atoms with van der Waals surface area (Å²) in [4.78, 5) is 2.11. The molecule has 1 aromatic carbocycles. The predicted molar refractivity (Wildman–Crippen MR) is 112 cm³/mol. The highest BCUT2D eigenvalue weighted by Crippen LogP contribution is 2.50. The molecule has 2 N–H and O–H groups in total. The van der Waals surface area contributed by atoms with Gasteiger partial charge in [0.15, 0.2) is 5.11 Å². The lowest BCUT2D eigenvalue weighted by Crippen LogP contribution is -2.75. The number of aliphatic hydroxyl groups is 1. The Kier molecular flexibility index (Phi) is 5.34. The van der Waals surface area contributed by atoms with Gasteiger partial charge in [0.25, 0.3) is 0 Å². The van der Waals surface area contributed by atoms with Crippen molar-refractivity contribution in [2.24, 2.45) is 5.92 Å². The van der Waals surface area contributed by atoms with E-state index in [0.29, 0.717) is 0 Å². The second-order valence-corrected chi connectivity index (χ2v) is 8.96. The van der Waals surface area contributed by atoms with Crippen LogP contribution in [0.3, 0.4) is 0 Å². The van der Waals surface area contributed by atoms with Crippen LogP contribution in [0.25, 0.3) is 0 Å². The Hall–Kier alpha value is -1.33. The van der Waals surface area contributed by atoms with Crippen LogP contribution >= 0.6 is 12.2 Å². The molecule has 3 aliphatic rings. The molecule has 1 aliphatic heterocycles. The van der Waals surface area contributed by atoms with Gasteiger partial charge in [0.05, 0.1) is 7.11 Å². The average Bonchev–Trinajstić information content (AvgIpc) is 2.68. The first-order valence-corrected chi connectivity index (χ1v) is 10.9. The zero-order valence-electron chi connectivity index (χ0n) is 16.4. The minimum atomic E-state index is -0.787. The van der Waals surface area contributed by atoms with E-state index in [9.17, 15) is 5.11 Å². The lowest BCUT2D eigenvalue weighted by Gasteiger charge is -2.61. The van der Waals surface area contributed by atoms with Crippen molar-refractivity contribution in [2.75, 3.05) is 13.7 Å². The fourth-order valence-corrected chi connectivity index (χ4v) is 6.16. The van der Waals surface area contributed by atoms with E-state index in [2.05, 4.69) is 22.3 Å². The first-order valence-electron chi connectivity index (χ1n) is 10.5. The Bertz CT molecular complexity index is 671. The van der Waals surface area contributed by atoms with Crippen molar-refractivity contribution in [3.8, 4) is 5.75 Å². The van der Waals surface area contributed by atoms with E-state index in [1.165, 1.54) is 31.2 Å². The number of hydrogen-bond donors (Lipinski definition) is 2. The molecule has 5 heteroatoms. The lowest BCUT2D eigenvalue weighted by molar-refractivity contribution is -0.181. The number of rotatable bonds is 4. The van der Waals surface area contributed by atoms with Gasteiger partial charge in [0, 0.05) is 18.0 Å². The van der Waals surface area contributed by atoms with Gasteiger partial charge < -0.3 is 20.1 Å². The monoisotopic (exact) mass is 388 g/mol. The molecule has 2 atom stereocenters. The fourth-order valence-electron chi connectivity index (χ4n) is 5.71. The molecule has 1 spiro atoms. The third kappa shape index (κ3) is 3.44. The van der Waals surface area contributed by atoms with Crippen molar-refractivity contribution in [2.45, 2.75) is 75.5 Å². The van der Waals surface area contributed by atoms with E-state index in [4.69, 9.17) is 17.0 Å². The van der Waals surface area contributed by atoms with E-state index in [1.807, 2.05) is 12.1 Å². The topological polar surface area (TPSA) is 44.7 Å². The van der Waals surface area contributed by atoms with Crippen molar-refractivity contribution in [1.82, 2.24) is 10.2 Å². The summed E-state index contributed by atoms with van der Waals surface area (Å²) >= 11 is 5.81. The van der Waals surface area contributed by atoms with Crippen LogP contribution in [0.2, 0.25) is 0 Å². The molecule has 0 bridgehead atoms. The molecule has 0 amide bonds. The normalized spacial score (nSPS) is 29.9. The molecular weight excluding hydrogens is 356 g/mol. The molecule has 2 saturated carbocycles. The second-order valence-electron chi connectivity index (χ2n) is 8.57. The number of ether oxygens (including phenoxy) is 1.